The SMILES string of the molecule is CCNCc1cn(CC(=O)N(C)c2ccccc2)nn1. The van der Waals surface area contributed by atoms with E-state index in [9.17, 15) is 4.79 Å². The van der Waals surface area contributed by atoms with Crippen LogP contribution in [0.4, 0.5) is 5.69 Å². The molecule has 1 amide bonds. The van der Waals surface area contributed by atoms with Crippen LogP contribution in [-0.4, -0.2) is 34.5 Å². The Morgan fingerprint density at radius 2 is 2.10 bits per heavy atom. The number of likely N-dealkylation sites (N-methyl/N-ethyl adjacent to an activating group) is 1. The van der Waals surface area contributed by atoms with Gasteiger partial charge < -0.3 is 10.2 Å². The van der Waals surface area contributed by atoms with Crippen molar-refractivity contribution in [2.24, 2.45) is 0 Å². The molecule has 1 aromatic heterocycles. The molecule has 0 aliphatic carbocycles. The summed E-state index contributed by atoms with van der Waals surface area (Å²) in [5.41, 5.74) is 1.70. The van der Waals surface area contributed by atoms with E-state index in [1.807, 2.05) is 37.3 Å². The Morgan fingerprint density at radius 1 is 1.35 bits per heavy atom. The van der Waals surface area contributed by atoms with Crippen LogP contribution in [0.5, 0.6) is 0 Å². The lowest BCUT2D eigenvalue weighted by Crippen LogP contribution is -2.30. The fourth-order valence-corrected chi connectivity index (χ4v) is 1.79. The number of rotatable bonds is 6. The first-order valence-corrected chi connectivity index (χ1v) is 6.62. The van der Waals surface area contributed by atoms with Crippen LogP contribution in [0.25, 0.3) is 0 Å². The Hall–Kier alpha value is -2.21. The molecule has 0 aliphatic rings. The van der Waals surface area contributed by atoms with Crippen LogP contribution in [0.3, 0.4) is 0 Å². The Morgan fingerprint density at radius 3 is 2.80 bits per heavy atom. The van der Waals surface area contributed by atoms with E-state index in [0.29, 0.717) is 6.54 Å². The van der Waals surface area contributed by atoms with Gasteiger partial charge in [-0.05, 0) is 18.7 Å². The molecule has 1 N–H and O–H groups in total. The minimum Gasteiger partial charge on any atom is -0.314 e. The van der Waals surface area contributed by atoms with Gasteiger partial charge in [-0.2, -0.15) is 0 Å². The van der Waals surface area contributed by atoms with Crippen molar-refractivity contribution in [2.75, 3.05) is 18.5 Å². The van der Waals surface area contributed by atoms with Gasteiger partial charge in [-0.15, -0.1) is 5.10 Å². The van der Waals surface area contributed by atoms with E-state index in [1.165, 1.54) is 0 Å². The second-order valence-corrected chi connectivity index (χ2v) is 4.48. The number of hydrogen-bond donors (Lipinski definition) is 1. The average Bonchev–Trinajstić information content (AvgIpc) is 2.92. The molecule has 106 valence electrons. The van der Waals surface area contributed by atoms with Crippen molar-refractivity contribution in [1.29, 1.82) is 0 Å². The summed E-state index contributed by atoms with van der Waals surface area (Å²) in [5, 5.41) is 11.2. The van der Waals surface area contributed by atoms with Crippen molar-refractivity contribution >= 4 is 11.6 Å². The molecule has 0 atom stereocenters. The summed E-state index contributed by atoms with van der Waals surface area (Å²) in [6.45, 7) is 3.76. The third kappa shape index (κ3) is 3.64. The van der Waals surface area contributed by atoms with Crippen molar-refractivity contribution < 1.29 is 4.79 Å². The lowest BCUT2D eigenvalue weighted by Gasteiger charge is -2.16. The summed E-state index contributed by atoms with van der Waals surface area (Å²) in [6.07, 6.45) is 1.79. The maximum atomic E-state index is 12.2. The molecule has 0 spiro atoms. The molecule has 0 saturated carbocycles. The van der Waals surface area contributed by atoms with E-state index >= 15 is 0 Å². The monoisotopic (exact) mass is 273 g/mol. The van der Waals surface area contributed by atoms with Crippen LogP contribution in [0, 0.1) is 0 Å². The molecule has 2 aromatic rings. The molecule has 1 heterocycles. The van der Waals surface area contributed by atoms with Crippen molar-refractivity contribution in [1.82, 2.24) is 20.3 Å². The summed E-state index contributed by atoms with van der Waals surface area (Å²) < 4.78 is 1.56. The van der Waals surface area contributed by atoms with Crippen molar-refractivity contribution in [3.05, 3.63) is 42.2 Å². The second kappa shape index (κ2) is 6.81. The van der Waals surface area contributed by atoms with Crippen LogP contribution in [-0.2, 0) is 17.9 Å². The molecular weight excluding hydrogens is 254 g/mol. The Balaban J connectivity index is 1.95. The van der Waals surface area contributed by atoms with E-state index in [2.05, 4.69) is 15.6 Å². The molecule has 0 radical (unpaired) electrons. The Bertz CT molecular complexity index is 552. The summed E-state index contributed by atoms with van der Waals surface area (Å²) in [6, 6.07) is 9.53. The molecule has 1 aromatic carbocycles. The number of para-hydroxylation sites is 1. The first-order valence-electron chi connectivity index (χ1n) is 6.62. The highest BCUT2D eigenvalue weighted by atomic mass is 16.2. The molecule has 0 unspecified atom stereocenters. The van der Waals surface area contributed by atoms with Gasteiger partial charge in [-0.25, -0.2) is 4.68 Å². The number of carbonyl (C=O) groups is 1. The van der Waals surface area contributed by atoms with E-state index in [4.69, 9.17) is 0 Å². The zero-order valence-corrected chi connectivity index (χ0v) is 11.8. The number of anilines is 1. The molecule has 6 nitrogen and oxygen atoms in total. The third-order valence-electron chi connectivity index (χ3n) is 2.96. The summed E-state index contributed by atoms with van der Waals surface area (Å²) in [4.78, 5) is 13.8. The van der Waals surface area contributed by atoms with Gasteiger partial charge in [0.15, 0.2) is 0 Å². The average molecular weight is 273 g/mol. The number of aromatic nitrogens is 3. The molecule has 6 heteroatoms. The second-order valence-electron chi connectivity index (χ2n) is 4.48. The topological polar surface area (TPSA) is 63.1 Å². The quantitative estimate of drug-likeness (QED) is 0.854. The minimum absolute atomic E-state index is 0.0314. The minimum atomic E-state index is -0.0314. The fraction of sp³-hybridized carbons (Fsp3) is 0.357. The standard InChI is InChI=1S/C14H19N5O/c1-3-15-9-12-10-19(17-16-12)11-14(20)18(2)13-7-5-4-6-8-13/h4-8,10,15H,3,9,11H2,1-2H3. The van der Waals surface area contributed by atoms with Gasteiger partial charge in [0.1, 0.15) is 6.54 Å². The molecular formula is C14H19N5O. The highest BCUT2D eigenvalue weighted by Crippen LogP contribution is 2.11. The highest BCUT2D eigenvalue weighted by molar-refractivity contribution is 5.92. The lowest BCUT2D eigenvalue weighted by atomic mass is 10.3. The first kappa shape index (κ1) is 14.2. The van der Waals surface area contributed by atoms with Gasteiger partial charge >= 0.3 is 0 Å². The normalized spacial score (nSPS) is 10.5. The van der Waals surface area contributed by atoms with Crippen LogP contribution < -0.4 is 10.2 Å². The van der Waals surface area contributed by atoms with Gasteiger partial charge in [-0.1, -0.05) is 30.3 Å². The van der Waals surface area contributed by atoms with Crippen molar-refractivity contribution in [2.45, 2.75) is 20.0 Å². The number of amides is 1. The van der Waals surface area contributed by atoms with Crippen molar-refractivity contribution in [3.8, 4) is 0 Å². The molecule has 0 saturated heterocycles. The van der Waals surface area contributed by atoms with E-state index < -0.39 is 0 Å². The number of benzene rings is 1. The van der Waals surface area contributed by atoms with E-state index in [1.54, 1.807) is 22.8 Å². The van der Waals surface area contributed by atoms with Crippen LogP contribution in [0.2, 0.25) is 0 Å². The number of hydrogen-bond acceptors (Lipinski definition) is 4. The van der Waals surface area contributed by atoms with Crippen LogP contribution in [0.15, 0.2) is 36.5 Å². The van der Waals surface area contributed by atoms with E-state index in [-0.39, 0.29) is 12.5 Å². The zero-order valence-electron chi connectivity index (χ0n) is 11.8. The molecule has 0 bridgehead atoms. The van der Waals surface area contributed by atoms with Gasteiger partial charge in [0.05, 0.1) is 11.9 Å². The van der Waals surface area contributed by atoms with Gasteiger partial charge in [0, 0.05) is 19.3 Å². The fourth-order valence-electron chi connectivity index (χ4n) is 1.79. The summed E-state index contributed by atoms with van der Waals surface area (Å²) in [5.74, 6) is -0.0314. The van der Waals surface area contributed by atoms with Crippen LogP contribution >= 0.6 is 0 Å². The molecule has 0 aliphatic heterocycles. The van der Waals surface area contributed by atoms with Gasteiger partial charge in [0.25, 0.3) is 0 Å². The zero-order chi connectivity index (χ0) is 14.4. The predicted molar refractivity (Wildman–Crippen MR) is 77.3 cm³/mol. The highest BCUT2D eigenvalue weighted by Gasteiger charge is 2.12. The van der Waals surface area contributed by atoms with Gasteiger partial charge in [-0.3, -0.25) is 4.79 Å². The van der Waals surface area contributed by atoms with Crippen LogP contribution in [0.1, 0.15) is 12.6 Å². The van der Waals surface area contributed by atoms with E-state index in [0.717, 1.165) is 17.9 Å². The van der Waals surface area contributed by atoms with Gasteiger partial charge in [0.2, 0.25) is 5.91 Å². The number of nitrogens with zero attached hydrogens (tertiary/aromatic N) is 4. The Kier molecular flexibility index (Phi) is 4.84. The first-order chi connectivity index (χ1) is 9.70. The summed E-state index contributed by atoms with van der Waals surface area (Å²) >= 11 is 0. The number of carbonyl (C=O) groups excluding carboxylic acids is 1. The van der Waals surface area contributed by atoms with Crippen molar-refractivity contribution in [3.63, 3.8) is 0 Å². The smallest absolute Gasteiger partial charge is 0.248 e. The maximum absolute atomic E-state index is 12.2. The molecule has 2 rings (SSSR count). The molecule has 20 heavy (non-hydrogen) atoms. The number of nitrogens with one attached hydrogen (secondary N) is 1. The lowest BCUT2D eigenvalue weighted by molar-refractivity contribution is -0.119. The summed E-state index contributed by atoms with van der Waals surface area (Å²) in [7, 11) is 1.76. The largest absolute Gasteiger partial charge is 0.314 e. The maximum Gasteiger partial charge on any atom is 0.248 e. The third-order valence-corrected chi connectivity index (χ3v) is 2.96. The Labute approximate surface area is 118 Å². The predicted octanol–water partition coefficient (Wildman–Crippen LogP) is 1.05. The molecule has 0 fully saturated rings.